The lowest BCUT2D eigenvalue weighted by atomic mass is 9.90. The van der Waals surface area contributed by atoms with Gasteiger partial charge in [-0.25, -0.2) is 13.4 Å². The van der Waals surface area contributed by atoms with Gasteiger partial charge in [0.2, 0.25) is 0 Å². The Morgan fingerprint density at radius 3 is 2.41 bits per heavy atom. The summed E-state index contributed by atoms with van der Waals surface area (Å²) in [5.41, 5.74) is 0. The summed E-state index contributed by atoms with van der Waals surface area (Å²) >= 11 is 0. The maximum atomic E-state index is 14.1. The number of hydrogen-bond donors (Lipinski definition) is 1. The maximum absolute atomic E-state index is 14.1. The second-order valence-corrected chi connectivity index (χ2v) is 5.18. The number of rotatable bonds is 3. The van der Waals surface area contributed by atoms with E-state index in [1.807, 2.05) is 9.48 Å². The Labute approximate surface area is 101 Å². The van der Waals surface area contributed by atoms with E-state index in [0.29, 0.717) is 25.9 Å². The molecule has 2 aliphatic rings. The predicted molar refractivity (Wildman–Crippen MR) is 64.1 cm³/mol. The molecule has 2 heterocycles. The topological polar surface area (TPSA) is 18.3 Å². The molecule has 0 spiro atoms. The lowest BCUT2D eigenvalue weighted by Crippen LogP contribution is -2.51. The first-order valence-corrected chi connectivity index (χ1v) is 6.44. The van der Waals surface area contributed by atoms with E-state index in [0.717, 1.165) is 26.2 Å². The number of hydrogen-bond acceptors (Lipinski definition) is 2. The van der Waals surface area contributed by atoms with Crippen LogP contribution < -0.4 is 5.32 Å². The SMILES string of the molecule is C=[N+]1CCC(C(F)(F)CN2CCNCC2)CC1. The van der Waals surface area contributed by atoms with Gasteiger partial charge in [-0.2, -0.15) is 0 Å². The molecular weight excluding hydrogens is 224 g/mol. The van der Waals surface area contributed by atoms with Crippen LogP contribution in [0.1, 0.15) is 12.8 Å². The van der Waals surface area contributed by atoms with Crippen molar-refractivity contribution in [3.05, 3.63) is 0 Å². The van der Waals surface area contributed by atoms with E-state index < -0.39 is 11.8 Å². The molecule has 0 unspecified atom stereocenters. The molecule has 0 aromatic rings. The van der Waals surface area contributed by atoms with E-state index in [4.69, 9.17) is 0 Å². The highest BCUT2D eigenvalue weighted by Crippen LogP contribution is 2.33. The summed E-state index contributed by atoms with van der Waals surface area (Å²) in [5.74, 6) is -3.01. The molecule has 98 valence electrons. The summed E-state index contributed by atoms with van der Waals surface area (Å²) in [6.45, 7) is 8.25. The lowest BCUT2D eigenvalue weighted by Gasteiger charge is -2.35. The van der Waals surface area contributed by atoms with E-state index in [1.54, 1.807) is 0 Å². The molecule has 0 saturated carbocycles. The van der Waals surface area contributed by atoms with Crippen molar-refractivity contribution in [1.82, 2.24) is 10.2 Å². The third-order valence-electron chi connectivity index (χ3n) is 3.83. The number of halogens is 2. The fourth-order valence-electron chi connectivity index (χ4n) is 2.65. The Hall–Kier alpha value is -0.550. The molecule has 0 amide bonds. The Bertz CT molecular complexity index is 265. The van der Waals surface area contributed by atoms with Gasteiger partial charge >= 0.3 is 0 Å². The van der Waals surface area contributed by atoms with Crippen LogP contribution in [0.3, 0.4) is 0 Å². The van der Waals surface area contributed by atoms with E-state index >= 15 is 0 Å². The predicted octanol–water partition coefficient (Wildman–Crippen LogP) is 0.650. The summed E-state index contributed by atoms with van der Waals surface area (Å²) in [6, 6.07) is 0. The van der Waals surface area contributed by atoms with E-state index in [-0.39, 0.29) is 6.54 Å². The third kappa shape index (κ3) is 3.45. The van der Waals surface area contributed by atoms with E-state index in [1.165, 1.54) is 0 Å². The maximum Gasteiger partial charge on any atom is 0.263 e. The normalized spacial score (nSPS) is 25.2. The molecule has 3 nitrogen and oxygen atoms in total. The summed E-state index contributed by atoms with van der Waals surface area (Å²) < 4.78 is 30.1. The van der Waals surface area contributed by atoms with Gasteiger partial charge in [-0.05, 0) is 0 Å². The van der Waals surface area contributed by atoms with Gasteiger partial charge in [-0.15, -0.1) is 0 Å². The van der Waals surface area contributed by atoms with Gasteiger partial charge in [0, 0.05) is 44.9 Å². The van der Waals surface area contributed by atoms with Crippen molar-refractivity contribution in [2.45, 2.75) is 18.8 Å². The van der Waals surface area contributed by atoms with Crippen LogP contribution in [0, 0.1) is 5.92 Å². The number of alkyl halides is 2. The second-order valence-electron chi connectivity index (χ2n) is 5.18. The highest BCUT2D eigenvalue weighted by molar-refractivity contribution is 5.14. The first-order chi connectivity index (χ1) is 8.08. The van der Waals surface area contributed by atoms with Crippen molar-refractivity contribution in [2.75, 3.05) is 45.8 Å². The zero-order valence-electron chi connectivity index (χ0n) is 10.3. The van der Waals surface area contributed by atoms with Gasteiger partial charge in [0.1, 0.15) is 19.8 Å². The minimum atomic E-state index is -2.54. The molecule has 0 aromatic carbocycles. The van der Waals surface area contributed by atoms with Gasteiger partial charge in [0.25, 0.3) is 5.92 Å². The van der Waals surface area contributed by atoms with Crippen LogP contribution in [0.5, 0.6) is 0 Å². The number of nitrogens with zero attached hydrogens (tertiary/aromatic N) is 2. The Kier molecular flexibility index (Phi) is 4.09. The fourth-order valence-corrected chi connectivity index (χ4v) is 2.65. The smallest absolute Gasteiger partial charge is 0.263 e. The van der Waals surface area contributed by atoms with Crippen LogP contribution in [0.4, 0.5) is 8.78 Å². The first kappa shape index (κ1) is 12.9. The number of piperidine rings is 1. The minimum Gasteiger partial charge on any atom is -0.314 e. The van der Waals surface area contributed by atoms with Gasteiger partial charge < -0.3 is 5.32 Å². The second kappa shape index (κ2) is 5.40. The molecule has 2 aliphatic heterocycles. The molecular formula is C12H22F2N3+. The zero-order chi connectivity index (χ0) is 12.3. The van der Waals surface area contributed by atoms with Crippen LogP contribution in [0.2, 0.25) is 0 Å². The van der Waals surface area contributed by atoms with Crippen molar-refractivity contribution in [3.63, 3.8) is 0 Å². The Morgan fingerprint density at radius 1 is 1.24 bits per heavy atom. The van der Waals surface area contributed by atoms with Crippen LogP contribution in [0.15, 0.2) is 0 Å². The number of piperazine rings is 1. The molecule has 2 fully saturated rings. The van der Waals surface area contributed by atoms with Crippen molar-refractivity contribution < 1.29 is 13.4 Å². The number of nitrogens with one attached hydrogen (secondary N) is 1. The zero-order valence-corrected chi connectivity index (χ0v) is 10.3. The molecule has 0 bridgehead atoms. The average molecular weight is 246 g/mol. The van der Waals surface area contributed by atoms with Crippen molar-refractivity contribution in [2.24, 2.45) is 5.92 Å². The van der Waals surface area contributed by atoms with E-state index in [9.17, 15) is 8.78 Å². The molecule has 1 N–H and O–H groups in total. The van der Waals surface area contributed by atoms with Gasteiger partial charge in [-0.1, -0.05) is 0 Å². The molecule has 0 aliphatic carbocycles. The van der Waals surface area contributed by atoms with Crippen molar-refractivity contribution >= 4 is 6.72 Å². The van der Waals surface area contributed by atoms with Gasteiger partial charge in [0.15, 0.2) is 0 Å². The molecule has 5 heteroatoms. The summed E-state index contributed by atoms with van der Waals surface area (Å²) in [5, 5.41) is 3.18. The Balaban J connectivity index is 1.86. The summed E-state index contributed by atoms with van der Waals surface area (Å²) in [6.07, 6.45) is 1.14. The van der Waals surface area contributed by atoms with Crippen LogP contribution >= 0.6 is 0 Å². The molecule has 2 saturated heterocycles. The lowest BCUT2D eigenvalue weighted by molar-refractivity contribution is -0.535. The fraction of sp³-hybridized carbons (Fsp3) is 0.917. The Morgan fingerprint density at radius 2 is 1.82 bits per heavy atom. The highest BCUT2D eigenvalue weighted by atomic mass is 19.3. The summed E-state index contributed by atoms with van der Waals surface area (Å²) in [7, 11) is 0. The summed E-state index contributed by atoms with van der Waals surface area (Å²) in [4.78, 5) is 1.88. The van der Waals surface area contributed by atoms with Gasteiger partial charge in [-0.3, -0.25) is 4.90 Å². The quantitative estimate of drug-likeness (QED) is 0.737. The van der Waals surface area contributed by atoms with Crippen LogP contribution in [0.25, 0.3) is 0 Å². The monoisotopic (exact) mass is 246 g/mol. The highest BCUT2D eigenvalue weighted by Gasteiger charge is 2.43. The molecule has 0 atom stereocenters. The average Bonchev–Trinajstić information content (AvgIpc) is 2.30. The van der Waals surface area contributed by atoms with Gasteiger partial charge in [0.05, 0.1) is 6.54 Å². The first-order valence-electron chi connectivity index (χ1n) is 6.44. The molecule has 17 heavy (non-hydrogen) atoms. The third-order valence-corrected chi connectivity index (χ3v) is 3.83. The van der Waals surface area contributed by atoms with Crippen molar-refractivity contribution in [1.29, 1.82) is 0 Å². The van der Waals surface area contributed by atoms with Crippen LogP contribution in [-0.4, -0.2) is 67.9 Å². The largest absolute Gasteiger partial charge is 0.314 e. The minimum absolute atomic E-state index is 0.0729. The molecule has 0 aromatic heterocycles. The molecule has 0 radical (unpaired) electrons. The van der Waals surface area contributed by atoms with Crippen molar-refractivity contribution in [3.8, 4) is 0 Å². The standard InChI is InChI=1S/C12H22F2N3/c1-16-6-2-11(3-7-16)12(13,14)10-17-8-4-15-5-9-17/h11,15H,1-10H2/q+1. The molecule has 2 rings (SSSR count). The van der Waals surface area contributed by atoms with Crippen LogP contribution in [-0.2, 0) is 0 Å². The van der Waals surface area contributed by atoms with E-state index in [2.05, 4.69) is 12.0 Å².